The molecule has 0 aromatic carbocycles. The van der Waals surface area contributed by atoms with E-state index in [2.05, 4.69) is 21.3 Å². The van der Waals surface area contributed by atoms with Crippen LogP contribution in [0.4, 0.5) is 9.59 Å². The van der Waals surface area contributed by atoms with Crippen molar-refractivity contribution in [2.24, 2.45) is 5.92 Å². The van der Waals surface area contributed by atoms with E-state index in [1.165, 1.54) is 0 Å². The maximum absolute atomic E-state index is 13.2. The zero-order valence-electron chi connectivity index (χ0n) is 30.6. The number of alkyl carbamates (subject to hydrolysis) is 2. The monoisotopic (exact) mass is 716 g/mol. The molecule has 0 bridgehead atoms. The van der Waals surface area contributed by atoms with E-state index < -0.39 is 72.5 Å². The lowest BCUT2D eigenvalue weighted by Gasteiger charge is -2.47. The van der Waals surface area contributed by atoms with Crippen LogP contribution in [-0.4, -0.2) is 127 Å². The summed E-state index contributed by atoms with van der Waals surface area (Å²) in [5.74, 6) is 0.335. The highest BCUT2D eigenvalue weighted by atomic mass is 16.7. The Kier molecular flexibility index (Phi) is 16.0. The highest BCUT2D eigenvalue weighted by molar-refractivity contribution is 5.76. The van der Waals surface area contributed by atoms with E-state index in [9.17, 15) is 24.6 Å². The van der Waals surface area contributed by atoms with E-state index in [4.69, 9.17) is 33.5 Å². The standard InChI is InChI=1S/C34H60N4O12/c1-20-16-24(40)30(45-19-20)48-29-22(37-25(41)11-9-13-36-31(43)49-33(2,3)4)17-23(38-32(44)50-34(5,6)7)28(27(29)42)47-26-12-8-10-21(46-26)18-35-14-15-39/h10,20,22-24,26-30,35,39-40,42H,8-9,11-19H2,1-7H3,(H,36,43)(H,37,41)(H,38,44)/t20-,22+,23-,24+,26+,27-,28+,29-,30+/m0/s1. The molecule has 2 heterocycles. The third-order valence-electron chi connectivity index (χ3n) is 8.02. The number of hydrogen-bond acceptors (Lipinski definition) is 13. The molecular formula is C34H60N4O12. The molecule has 2 aliphatic heterocycles. The fourth-order valence-electron chi connectivity index (χ4n) is 5.91. The molecule has 3 rings (SSSR count). The van der Waals surface area contributed by atoms with Gasteiger partial charge in [0, 0.05) is 25.9 Å². The number of carbonyl (C=O) groups is 3. The first-order valence-corrected chi connectivity index (χ1v) is 17.7. The van der Waals surface area contributed by atoms with Gasteiger partial charge in [0.05, 0.1) is 31.8 Å². The lowest BCUT2D eigenvalue weighted by atomic mass is 9.83. The van der Waals surface area contributed by atoms with E-state index in [0.717, 1.165) is 0 Å². The Labute approximate surface area is 295 Å². The second kappa shape index (κ2) is 19.2. The molecule has 0 unspecified atom stereocenters. The summed E-state index contributed by atoms with van der Waals surface area (Å²) in [7, 11) is 0. The van der Waals surface area contributed by atoms with Crippen LogP contribution in [0.2, 0.25) is 0 Å². The van der Waals surface area contributed by atoms with Crippen molar-refractivity contribution in [1.82, 2.24) is 21.3 Å². The summed E-state index contributed by atoms with van der Waals surface area (Å²) >= 11 is 0. The summed E-state index contributed by atoms with van der Waals surface area (Å²) in [6.07, 6.45) is -3.91. The van der Waals surface area contributed by atoms with E-state index in [1.807, 2.05) is 13.0 Å². The van der Waals surface area contributed by atoms with Gasteiger partial charge in [0.1, 0.15) is 41.4 Å². The van der Waals surface area contributed by atoms with Gasteiger partial charge >= 0.3 is 12.2 Å². The minimum atomic E-state index is -1.43. The zero-order valence-corrected chi connectivity index (χ0v) is 30.6. The first-order valence-electron chi connectivity index (χ1n) is 17.7. The Bertz CT molecular complexity index is 1130. The Hall–Kier alpha value is -2.73. The van der Waals surface area contributed by atoms with E-state index in [1.54, 1.807) is 41.5 Å². The van der Waals surface area contributed by atoms with E-state index in [-0.39, 0.29) is 37.8 Å². The van der Waals surface area contributed by atoms with Crippen molar-refractivity contribution in [2.45, 2.75) is 147 Å². The Balaban J connectivity index is 1.79. The maximum atomic E-state index is 13.2. The molecular weight excluding hydrogens is 656 g/mol. The lowest BCUT2D eigenvalue weighted by molar-refractivity contribution is -0.283. The zero-order chi connectivity index (χ0) is 37.1. The first-order chi connectivity index (χ1) is 23.4. The van der Waals surface area contributed by atoms with Gasteiger partial charge in [0.15, 0.2) is 12.6 Å². The molecule has 0 spiro atoms. The second-order valence-electron chi connectivity index (χ2n) is 15.2. The van der Waals surface area contributed by atoms with Crippen molar-refractivity contribution in [3.05, 3.63) is 11.8 Å². The maximum Gasteiger partial charge on any atom is 0.407 e. The van der Waals surface area contributed by atoms with Crippen LogP contribution in [-0.2, 0) is 33.2 Å². The van der Waals surface area contributed by atoms with Crippen LogP contribution in [0.25, 0.3) is 0 Å². The average molecular weight is 717 g/mol. The molecule has 1 aliphatic carbocycles. The number of hydrogen-bond donors (Lipinski definition) is 7. The van der Waals surface area contributed by atoms with Crippen molar-refractivity contribution < 1.29 is 58.1 Å². The number of ether oxygens (including phenoxy) is 6. The van der Waals surface area contributed by atoms with Crippen molar-refractivity contribution in [3.8, 4) is 0 Å². The van der Waals surface area contributed by atoms with Gasteiger partial charge in [0.2, 0.25) is 5.91 Å². The van der Waals surface area contributed by atoms with E-state index >= 15 is 0 Å². The highest BCUT2D eigenvalue weighted by Gasteiger charge is 2.50. The topological polar surface area (TPSA) is 215 Å². The van der Waals surface area contributed by atoms with Gasteiger partial charge in [-0.25, -0.2) is 9.59 Å². The second-order valence-corrected chi connectivity index (χ2v) is 15.2. The quantitative estimate of drug-likeness (QED) is 0.127. The van der Waals surface area contributed by atoms with Crippen molar-refractivity contribution in [1.29, 1.82) is 0 Å². The molecule has 3 aliphatic rings. The summed E-state index contributed by atoms with van der Waals surface area (Å²) in [6, 6.07) is -1.71. The van der Waals surface area contributed by atoms with Gasteiger partial charge in [-0.15, -0.1) is 0 Å². The van der Waals surface area contributed by atoms with E-state index in [0.29, 0.717) is 51.1 Å². The Morgan fingerprint density at radius 1 is 0.920 bits per heavy atom. The largest absolute Gasteiger partial charge is 0.468 e. The molecule has 3 amide bonds. The third-order valence-corrected chi connectivity index (χ3v) is 8.02. The Morgan fingerprint density at radius 2 is 1.58 bits per heavy atom. The van der Waals surface area contributed by atoms with Crippen LogP contribution in [0.15, 0.2) is 11.8 Å². The Morgan fingerprint density at radius 3 is 2.24 bits per heavy atom. The summed E-state index contributed by atoms with van der Waals surface area (Å²) in [5.41, 5.74) is -1.46. The lowest BCUT2D eigenvalue weighted by Crippen LogP contribution is -2.67. The van der Waals surface area contributed by atoms with Crippen molar-refractivity contribution in [2.75, 3.05) is 32.8 Å². The summed E-state index contributed by atoms with van der Waals surface area (Å²) < 4.78 is 35.2. The predicted molar refractivity (Wildman–Crippen MR) is 181 cm³/mol. The molecule has 288 valence electrons. The van der Waals surface area contributed by atoms with Crippen molar-refractivity contribution in [3.63, 3.8) is 0 Å². The summed E-state index contributed by atoms with van der Waals surface area (Å²) in [5, 5.41) is 43.3. The van der Waals surface area contributed by atoms with Crippen LogP contribution in [0, 0.1) is 5.92 Å². The fraction of sp³-hybridized carbons (Fsp3) is 0.853. The molecule has 16 nitrogen and oxygen atoms in total. The van der Waals surface area contributed by atoms with Crippen LogP contribution in [0.5, 0.6) is 0 Å². The number of allylic oxidation sites excluding steroid dienone is 1. The first kappa shape index (κ1) is 41.7. The molecule has 1 saturated carbocycles. The van der Waals surface area contributed by atoms with Gasteiger partial charge < -0.3 is 65.0 Å². The van der Waals surface area contributed by atoms with Gasteiger partial charge in [-0.1, -0.05) is 6.92 Å². The highest BCUT2D eigenvalue weighted by Crippen LogP contribution is 2.32. The van der Waals surface area contributed by atoms with Gasteiger partial charge in [0.25, 0.3) is 0 Å². The number of carbonyl (C=O) groups excluding carboxylic acids is 3. The number of amides is 3. The number of nitrogens with one attached hydrogen (secondary N) is 4. The molecule has 0 radical (unpaired) electrons. The molecule has 50 heavy (non-hydrogen) atoms. The van der Waals surface area contributed by atoms with Crippen LogP contribution in [0.1, 0.15) is 87.0 Å². The molecule has 7 N–H and O–H groups in total. The molecule has 2 fully saturated rings. The SMILES string of the molecule is C[C@@H]1CO[C@H](O[C@@H]2[C@@H](O)[C@H](O[C@@H]3CCC=C(CNCCO)O3)[C@@H](NC(=O)OC(C)(C)C)C[C@H]2NC(=O)CCCNC(=O)OC(C)(C)C)[C@H](O)C1. The van der Waals surface area contributed by atoms with Gasteiger partial charge in [-0.05, 0) is 79.2 Å². The summed E-state index contributed by atoms with van der Waals surface area (Å²) in [6.45, 7) is 13.7. The van der Waals surface area contributed by atoms with Crippen molar-refractivity contribution >= 4 is 18.1 Å². The number of aliphatic hydroxyl groups is 3. The normalized spacial score (nSPS) is 30.4. The van der Waals surface area contributed by atoms with Gasteiger partial charge in [-0.3, -0.25) is 4.79 Å². The fourth-order valence-corrected chi connectivity index (χ4v) is 5.91. The minimum absolute atomic E-state index is 0.0279. The van der Waals surface area contributed by atoms with Crippen LogP contribution < -0.4 is 21.3 Å². The molecule has 0 aromatic rings. The molecule has 1 saturated heterocycles. The third kappa shape index (κ3) is 14.5. The molecule has 16 heteroatoms. The summed E-state index contributed by atoms with van der Waals surface area (Å²) in [4.78, 5) is 38.3. The number of aliphatic hydroxyl groups excluding tert-OH is 3. The van der Waals surface area contributed by atoms with Crippen LogP contribution in [0.3, 0.4) is 0 Å². The smallest absolute Gasteiger partial charge is 0.407 e. The van der Waals surface area contributed by atoms with Gasteiger partial charge in [-0.2, -0.15) is 0 Å². The average Bonchev–Trinajstić information content (AvgIpc) is 2.99. The minimum Gasteiger partial charge on any atom is -0.468 e. The number of rotatable bonds is 14. The molecule has 9 atom stereocenters. The van der Waals surface area contributed by atoms with Crippen LogP contribution >= 0.6 is 0 Å². The molecule has 0 aromatic heterocycles. The predicted octanol–water partition coefficient (Wildman–Crippen LogP) is 1.55.